The van der Waals surface area contributed by atoms with E-state index in [-0.39, 0.29) is 0 Å². The molecule has 1 aliphatic rings. The highest BCUT2D eigenvalue weighted by atomic mass is 16.7. The summed E-state index contributed by atoms with van der Waals surface area (Å²) in [5.74, 6) is 0.582. The van der Waals surface area contributed by atoms with Crippen molar-refractivity contribution in [3.8, 4) is 5.75 Å². The molecule has 0 aromatic heterocycles. The van der Waals surface area contributed by atoms with Crippen LogP contribution in [0.5, 0.6) is 5.75 Å². The number of hydrogen-bond acceptors (Lipinski definition) is 3. The van der Waals surface area contributed by atoms with Crippen molar-refractivity contribution in [3.63, 3.8) is 0 Å². The van der Waals surface area contributed by atoms with Gasteiger partial charge in [-0.25, -0.2) is 0 Å². The van der Waals surface area contributed by atoms with E-state index in [0.29, 0.717) is 19.8 Å². The van der Waals surface area contributed by atoms with Crippen LogP contribution in [0.2, 0.25) is 0 Å². The van der Waals surface area contributed by atoms with E-state index in [9.17, 15) is 0 Å². The summed E-state index contributed by atoms with van der Waals surface area (Å²) >= 11 is 0. The van der Waals surface area contributed by atoms with Crippen LogP contribution in [0.15, 0.2) is 18.2 Å². The summed E-state index contributed by atoms with van der Waals surface area (Å²) in [4.78, 5) is 0. The Morgan fingerprint density at radius 3 is 2.67 bits per heavy atom. The summed E-state index contributed by atoms with van der Waals surface area (Å²) in [6, 6.07) is 6.28. The van der Waals surface area contributed by atoms with E-state index in [4.69, 9.17) is 14.2 Å². The van der Waals surface area contributed by atoms with Gasteiger partial charge in [-0.15, -0.1) is 0 Å². The maximum absolute atomic E-state index is 5.81. The average Bonchev–Trinajstić information content (AvgIpc) is 2.76. The number of hydrogen-bond donors (Lipinski definition) is 0. The fraction of sp³-hybridized carbons (Fsp3) is 0.600. The van der Waals surface area contributed by atoms with Gasteiger partial charge in [-0.1, -0.05) is 12.1 Å². The molecule has 1 aliphatic heterocycles. The third kappa shape index (κ3) is 3.47. The lowest BCUT2D eigenvalue weighted by Crippen LogP contribution is -2.25. The second kappa shape index (κ2) is 5.72. The van der Waals surface area contributed by atoms with Gasteiger partial charge in [0.2, 0.25) is 0 Å². The maximum atomic E-state index is 5.81. The van der Waals surface area contributed by atoms with Gasteiger partial charge in [0.1, 0.15) is 5.75 Å². The summed E-state index contributed by atoms with van der Waals surface area (Å²) < 4.78 is 16.9. The lowest BCUT2D eigenvalue weighted by Gasteiger charge is -2.22. The van der Waals surface area contributed by atoms with Gasteiger partial charge in [-0.05, 0) is 44.4 Å². The van der Waals surface area contributed by atoms with Crippen LogP contribution in [0, 0.1) is 13.8 Å². The summed E-state index contributed by atoms with van der Waals surface area (Å²) in [6.07, 6.45) is 1.81. The van der Waals surface area contributed by atoms with E-state index in [1.165, 1.54) is 11.1 Å². The first-order valence-corrected chi connectivity index (χ1v) is 6.57. The molecule has 0 radical (unpaired) electrons. The largest absolute Gasteiger partial charge is 0.493 e. The van der Waals surface area contributed by atoms with Crippen molar-refractivity contribution >= 4 is 0 Å². The minimum absolute atomic E-state index is 0.398. The molecular formula is C15H22O3. The summed E-state index contributed by atoms with van der Waals surface area (Å²) in [5, 5.41) is 0. The van der Waals surface area contributed by atoms with Crippen LogP contribution in [0.1, 0.15) is 30.9 Å². The minimum Gasteiger partial charge on any atom is -0.493 e. The van der Waals surface area contributed by atoms with Crippen molar-refractivity contribution in [2.45, 2.75) is 39.4 Å². The molecule has 3 heteroatoms. The van der Waals surface area contributed by atoms with E-state index in [1.54, 1.807) is 0 Å². The first-order valence-electron chi connectivity index (χ1n) is 6.57. The zero-order valence-electron chi connectivity index (χ0n) is 11.5. The third-order valence-corrected chi connectivity index (χ3v) is 3.27. The first kappa shape index (κ1) is 13.4. The summed E-state index contributed by atoms with van der Waals surface area (Å²) in [7, 11) is 0. The zero-order chi connectivity index (χ0) is 13.0. The van der Waals surface area contributed by atoms with Gasteiger partial charge in [-0.2, -0.15) is 0 Å². The van der Waals surface area contributed by atoms with Gasteiger partial charge in [0.15, 0.2) is 5.79 Å². The summed E-state index contributed by atoms with van der Waals surface area (Å²) in [5.41, 5.74) is 2.41. The molecule has 0 bridgehead atoms. The molecule has 2 rings (SSSR count). The van der Waals surface area contributed by atoms with Gasteiger partial charge in [0, 0.05) is 6.42 Å². The highest BCUT2D eigenvalue weighted by Gasteiger charge is 2.30. The van der Waals surface area contributed by atoms with Crippen LogP contribution >= 0.6 is 0 Å². The molecule has 1 fully saturated rings. The Kier molecular flexibility index (Phi) is 4.25. The Morgan fingerprint density at radius 1 is 1.22 bits per heavy atom. The van der Waals surface area contributed by atoms with Gasteiger partial charge in [-0.3, -0.25) is 0 Å². The molecule has 0 N–H and O–H groups in total. The van der Waals surface area contributed by atoms with Gasteiger partial charge >= 0.3 is 0 Å². The van der Waals surface area contributed by atoms with Crippen molar-refractivity contribution in [1.29, 1.82) is 0 Å². The minimum atomic E-state index is -0.398. The monoisotopic (exact) mass is 250 g/mol. The smallest absolute Gasteiger partial charge is 0.165 e. The second-order valence-electron chi connectivity index (χ2n) is 5.05. The number of aryl methyl sites for hydroxylation is 2. The normalized spacial score (nSPS) is 17.9. The molecular weight excluding hydrogens is 228 g/mol. The number of rotatable bonds is 5. The Labute approximate surface area is 109 Å². The SMILES string of the molecule is Cc1ccc(C)c(OCCCC2(C)OCCO2)c1. The highest BCUT2D eigenvalue weighted by Crippen LogP contribution is 2.25. The van der Waals surface area contributed by atoms with E-state index in [2.05, 4.69) is 32.0 Å². The molecule has 1 aromatic carbocycles. The Morgan fingerprint density at radius 2 is 1.94 bits per heavy atom. The van der Waals surface area contributed by atoms with Crippen molar-refractivity contribution < 1.29 is 14.2 Å². The highest BCUT2D eigenvalue weighted by molar-refractivity contribution is 5.35. The van der Waals surface area contributed by atoms with Crippen LogP contribution < -0.4 is 4.74 Å². The van der Waals surface area contributed by atoms with Crippen LogP contribution in [0.3, 0.4) is 0 Å². The van der Waals surface area contributed by atoms with E-state index in [0.717, 1.165) is 18.6 Å². The van der Waals surface area contributed by atoms with Gasteiger partial charge < -0.3 is 14.2 Å². The molecule has 0 aliphatic carbocycles. The molecule has 18 heavy (non-hydrogen) atoms. The van der Waals surface area contributed by atoms with Crippen molar-refractivity contribution in [3.05, 3.63) is 29.3 Å². The van der Waals surface area contributed by atoms with Crippen molar-refractivity contribution in [2.75, 3.05) is 19.8 Å². The van der Waals surface area contributed by atoms with E-state index in [1.807, 2.05) is 6.92 Å². The lowest BCUT2D eigenvalue weighted by atomic mass is 10.1. The lowest BCUT2D eigenvalue weighted by molar-refractivity contribution is -0.148. The number of benzene rings is 1. The van der Waals surface area contributed by atoms with Crippen LogP contribution in [-0.4, -0.2) is 25.6 Å². The molecule has 0 saturated carbocycles. The average molecular weight is 250 g/mol. The Balaban J connectivity index is 1.76. The first-order chi connectivity index (χ1) is 8.59. The molecule has 0 amide bonds. The third-order valence-electron chi connectivity index (χ3n) is 3.27. The van der Waals surface area contributed by atoms with Crippen LogP contribution in [0.25, 0.3) is 0 Å². The maximum Gasteiger partial charge on any atom is 0.165 e. The summed E-state index contributed by atoms with van der Waals surface area (Å²) in [6.45, 7) is 8.25. The van der Waals surface area contributed by atoms with Crippen LogP contribution in [0.4, 0.5) is 0 Å². The van der Waals surface area contributed by atoms with Crippen molar-refractivity contribution in [2.24, 2.45) is 0 Å². The topological polar surface area (TPSA) is 27.7 Å². The molecule has 0 atom stereocenters. The second-order valence-corrected chi connectivity index (χ2v) is 5.05. The predicted molar refractivity (Wildman–Crippen MR) is 71.0 cm³/mol. The van der Waals surface area contributed by atoms with Gasteiger partial charge in [0.05, 0.1) is 19.8 Å². The van der Waals surface area contributed by atoms with Crippen molar-refractivity contribution in [1.82, 2.24) is 0 Å². The number of ether oxygens (including phenoxy) is 3. The fourth-order valence-corrected chi connectivity index (χ4v) is 2.14. The molecule has 0 unspecified atom stereocenters. The molecule has 1 saturated heterocycles. The quantitative estimate of drug-likeness (QED) is 0.751. The van der Waals surface area contributed by atoms with E-state index < -0.39 is 5.79 Å². The van der Waals surface area contributed by atoms with Gasteiger partial charge in [0.25, 0.3) is 0 Å². The molecule has 100 valence electrons. The molecule has 1 heterocycles. The van der Waals surface area contributed by atoms with E-state index >= 15 is 0 Å². The standard InChI is InChI=1S/C15H22O3/c1-12-5-6-13(2)14(11-12)16-8-4-7-15(3)17-9-10-18-15/h5-6,11H,4,7-10H2,1-3H3. The zero-order valence-corrected chi connectivity index (χ0v) is 11.5. The molecule has 1 aromatic rings. The predicted octanol–water partition coefficient (Wildman–Crippen LogP) is 3.23. The molecule has 3 nitrogen and oxygen atoms in total. The fourth-order valence-electron chi connectivity index (χ4n) is 2.14. The Bertz CT molecular complexity index is 395. The van der Waals surface area contributed by atoms with Crippen LogP contribution in [-0.2, 0) is 9.47 Å². The Hall–Kier alpha value is -1.06. The molecule has 0 spiro atoms.